The van der Waals surface area contributed by atoms with Crippen molar-refractivity contribution in [3.63, 3.8) is 0 Å². The topological polar surface area (TPSA) is 40.5 Å². The summed E-state index contributed by atoms with van der Waals surface area (Å²) in [5.41, 5.74) is 4.02. The second-order valence-corrected chi connectivity index (χ2v) is 6.02. The number of aliphatic carboxylic acids is 1. The normalized spacial score (nSPS) is 29.9. The van der Waals surface area contributed by atoms with Crippen LogP contribution in [0.1, 0.15) is 36.0 Å². The van der Waals surface area contributed by atoms with E-state index in [0.29, 0.717) is 6.04 Å². The number of benzene rings is 1. The van der Waals surface area contributed by atoms with Crippen LogP contribution < -0.4 is 0 Å². The Labute approximate surface area is 114 Å². The van der Waals surface area contributed by atoms with Crippen molar-refractivity contribution in [3.05, 3.63) is 34.9 Å². The summed E-state index contributed by atoms with van der Waals surface area (Å²) in [7, 11) is 0. The molecule has 19 heavy (non-hydrogen) atoms. The lowest BCUT2D eigenvalue weighted by molar-refractivity contribution is -0.142. The lowest BCUT2D eigenvalue weighted by atomic mass is 9.89. The molecule has 0 aliphatic carbocycles. The molecule has 0 amide bonds. The summed E-state index contributed by atoms with van der Waals surface area (Å²) < 4.78 is 0. The highest BCUT2D eigenvalue weighted by Crippen LogP contribution is 2.43. The van der Waals surface area contributed by atoms with Gasteiger partial charge < -0.3 is 5.11 Å². The van der Waals surface area contributed by atoms with Crippen LogP contribution in [0.3, 0.4) is 0 Å². The molecule has 2 fully saturated rings. The number of rotatable bonds is 3. The maximum absolute atomic E-state index is 11.3. The molecule has 1 N–H and O–H groups in total. The molecular weight excluding hydrogens is 238 g/mol. The Hall–Kier alpha value is -1.35. The zero-order valence-electron chi connectivity index (χ0n) is 11.6. The molecule has 1 aromatic rings. The fraction of sp³-hybridized carbons (Fsp3) is 0.562. The second-order valence-electron chi connectivity index (χ2n) is 6.02. The Bertz CT molecular complexity index is 491. The SMILES string of the molecule is Cc1cccc(C)c1CN1C2CCC1C(C(=O)O)C2. The van der Waals surface area contributed by atoms with Crippen LogP contribution in [-0.4, -0.2) is 28.1 Å². The third-order valence-corrected chi connectivity index (χ3v) is 4.98. The van der Waals surface area contributed by atoms with E-state index in [4.69, 9.17) is 0 Å². The molecule has 3 heteroatoms. The van der Waals surface area contributed by atoms with Gasteiger partial charge in [-0.15, -0.1) is 0 Å². The fourth-order valence-electron chi connectivity index (χ4n) is 3.89. The van der Waals surface area contributed by atoms with Crippen LogP contribution in [0.4, 0.5) is 0 Å². The lowest BCUT2D eigenvalue weighted by Crippen LogP contribution is -2.32. The molecular formula is C16H21NO2. The van der Waals surface area contributed by atoms with Crippen molar-refractivity contribution in [3.8, 4) is 0 Å². The molecule has 0 saturated carbocycles. The molecule has 0 radical (unpaired) electrons. The summed E-state index contributed by atoms with van der Waals surface area (Å²) in [6.07, 6.45) is 3.05. The van der Waals surface area contributed by atoms with Crippen LogP contribution in [0, 0.1) is 19.8 Å². The number of aryl methyl sites for hydroxylation is 2. The van der Waals surface area contributed by atoms with E-state index >= 15 is 0 Å². The number of hydrogen-bond acceptors (Lipinski definition) is 2. The first-order valence-electron chi connectivity index (χ1n) is 7.11. The molecule has 3 nitrogen and oxygen atoms in total. The monoisotopic (exact) mass is 259 g/mol. The van der Waals surface area contributed by atoms with Crippen molar-refractivity contribution in [1.82, 2.24) is 4.90 Å². The van der Waals surface area contributed by atoms with E-state index in [1.54, 1.807) is 0 Å². The van der Waals surface area contributed by atoms with Gasteiger partial charge in [-0.05, 0) is 49.8 Å². The molecule has 2 aliphatic heterocycles. The van der Waals surface area contributed by atoms with Gasteiger partial charge >= 0.3 is 5.97 Å². The second kappa shape index (κ2) is 4.64. The van der Waals surface area contributed by atoms with E-state index < -0.39 is 5.97 Å². The van der Waals surface area contributed by atoms with Gasteiger partial charge in [0.25, 0.3) is 0 Å². The minimum Gasteiger partial charge on any atom is -0.481 e. The van der Waals surface area contributed by atoms with E-state index in [0.717, 1.165) is 19.4 Å². The predicted molar refractivity (Wildman–Crippen MR) is 74.0 cm³/mol. The first kappa shape index (κ1) is 12.7. The van der Waals surface area contributed by atoms with Crippen LogP contribution in [0.2, 0.25) is 0 Å². The predicted octanol–water partition coefficient (Wildman–Crippen LogP) is 2.74. The van der Waals surface area contributed by atoms with E-state index in [9.17, 15) is 9.90 Å². The highest BCUT2D eigenvalue weighted by Gasteiger charge is 2.49. The van der Waals surface area contributed by atoms with Gasteiger partial charge in [0.2, 0.25) is 0 Å². The van der Waals surface area contributed by atoms with Crippen LogP contribution in [-0.2, 0) is 11.3 Å². The summed E-state index contributed by atoms with van der Waals surface area (Å²) in [5.74, 6) is -0.762. The van der Waals surface area contributed by atoms with Gasteiger partial charge in [0, 0.05) is 18.6 Å². The summed E-state index contributed by atoms with van der Waals surface area (Å²) in [5, 5.41) is 9.30. The van der Waals surface area contributed by atoms with E-state index in [1.807, 2.05) is 0 Å². The minimum absolute atomic E-state index is 0.150. The Balaban J connectivity index is 1.83. The van der Waals surface area contributed by atoms with Crippen molar-refractivity contribution >= 4 is 5.97 Å². The average Bonchev–Trinajstić information content (AvgIpc) is 2.91. The van der Waals surface area contributed by atoms with E-state index in [1.165, 1.54) is 23.1 Å². The summed E-state index contributed by atoms with van der Waals surface area (Å²) in [6, 6.07) is 7.11. The van der Waals surface area contributed by atoms with Gasteiger partial charge in [0.15, 0.2) is 0 Å². The van der Waals surface area contributed by atoms with Crippen molar-refractivity contribution < 1.29 is 9.90 Å². The van der Waals surface area contributed by atoms with Gasteiger partial charge in [0.05, 0.1) is 5.92 Å². The highest BCUT2D eigenvalue weighted by molar-refractivity contribution is 5.71. The number of nitrogens with zero attached hydrogens (tertiary/aromatic N) is 1. The minimum atomic E-state index is -0.612. The smallest absolute Gasteiger partial charge is 0.308 e. The third-order valence-electron chi connectivity index (χ3n) is 4.98. The van der Waals surface area contributed by atoms with Crippen LogP contribution >= 0.6 is 0 Å². The molecule has 2 heterocycles. The van der Waals surface area contributed by atoms with Gasteiger partial charge in [0.1, 0.15) is 0 Å². The highest BCUT2D eigenvalue weighted by atomic mass is 16.4. The molecule has 0 spiro atoms. The summed E-state index contributed by atoms with van der Waals surface area (Å²) in [6.45, 7) is 5.21. The molecule has 102 valence electrons. The number of carboxylic acids is 1. The van der Waals surface area contributed by atoms with E-state index in [-0.39, 0.29) is 12.0 Å². The molecule has 1 aromatic carbocycles. The third kappa shape index (κ3) is 2.06. The fourth-order valence-corrected chi connectivity index (χ4v) is 3.89. The van der Waals surface area contributed by atoms with Gasteiger partial charge in [-0.2, -0.15) is 0 Å². The van der Waals surface area contributed by atoms with Crippen molar-refractivity contribution in [2.45, 2.75) is 51.7 Å². The number of fused-ring (bicyclic) bond motifs is 2. The maximum atomic E-state index is 11.3. The van der Waals surface area contributed by atoms with Gasteiger partial charge in [-0.25, -0.2) is 0 Å². The zero-order chi connectivity index (χ0) is 13.6. The van der Waals surface area contributed by atoms with E-state index in [2.05, 4.69) is 36.9 Å². The van der Waals surface area contributed by atoms with Crippen LogP contribution in [0.25, 0.3) is 0 Å². The Kier molecular flexibility index (Phi) is 3.09. The van der Waals surface area contributed by atoms with Crippen LogP contribution in [0.5, 0.6) is 0 Å². The average molecular weight is 259 g/mol. The van der Waals surface area contributed by atoms with Gasteiger partial charge in [-0.1, -0.05) is 18.2 Å². The molecule has 2 bridgehead atoms. The Morgan fingerprint density at radius 1 is 1.32 bits per heavy atom. The zero-order valence-corrected chi connectivity index (χ0v) is 11.6. The number of carboxylic acid groups (broad SMARTS) is 1. The summed E-state index contributed by atoms with van der Waals surface area (Å²) in [4.78, 5) is 13.7. The molecule has 2 saturated heterocycles. The molecule has 2 aliphatic rings. The Morgan fingerprint density at radius 3 is 2.58 bits per heavy atom. The number of hydrogen-bond donors (Lipinski definition) is 1. The van der Waals surface area contributed by atoms with Gasteiger partial charge in [-0.3, -0.25) is 9.69 Å². The van der Waals surface area contributed by atoms with Crippen molar-refractivity contribution in [2.75, 3.05) is 0 Å². The lowest BCUT2D eigenvalue weighted by Gasteiger charge is -2.24. The van der Waals surface area contributed by atoms with Crippen molar-refractivity contribution in [1.29, 1.82) is 0 Å². The quantitative estimate of drug-likeness (QED) is 0.907. The standard InChI is InChI=1S/C16H21NO2/c1-10-4-3-5-11(2)14(10)9-17-12-6-7-15(17)13(8-12)16(18)19/h3-5,12-13,15H,6-9H2,1-2H3,(H,18,19). The molecule has 0 aromatic heterocycles. The largest absolute Gasteiger partial charge is 0.481 e. The molecule has 3 atom stereocenters. The van der Waals surface area contributed by atoms with Crippen molar-refractivity contribution in [2.24, 2.45) is 5.92 Å². The molecule has 3 rings (SSSR count). The summed E-state index contributed by atoms with van der Waals surface area (Å²) >= 11 is 0. The molecule has 3 unspecified atom stereocenters. The maximum Gasteiger partial charge on any atom is 0.308 e. The first-order valence-corrected chi connectivity index (χ1v) is 7.11. The number of carbonyl (C=O) groups is 1. The first-order chi connectivity index (χ1) is 9.08. The Morgan fingerprint density at radius 2 is 2.00 bits per heavy atom. The van der Waals surface area contributed by atoms with Crippen LogP contribution in [0.15, 0.2) is 18.2 Å².